The van der Waals surface area contributed by atoms with Crippen LogP contribution in [0.25, 0.3) is 0 Å². The van der Waals surface area contributed by atoms with E-state index in [2.05, 4.69) is 5.32 Å². The average Bonchev–Trinajstić information content (AvgIpc) is 2.76. The van der Waals surface area contributed by atoms with Crippen molar-refractivity contribution in [2.75, 3.05) is 5.32 Å². The van der Waals surface area contributed by atoms with Crippen LogP contribution in [0.4, 0.5) is 5.69 Å². The zero-order valence-corrected chi connectivity index (χ0v) is 9.60. The van der Waals surface area contributed by atoms with Crippen LogP contribution in [-0.2, 0) is 0 Å². The second-order valence-electron chi connectivity index (χ2n) is 3.71. The van der Waals surface area contributed by atoms with Crippen LogP contribution in [0.15, 0.2) is 41.0 Å². The minimum atomic E-state index is -1.25. The number of aromatic carboxylic acids is 1. The van der Waals surface area contributed by atoms with Crippen molar-refractivity contribution in [3.8, 4) is 0 Å². The number of aryl methyl sites for hydroxylation is 1. The SMILES string of the molecule is Cc1occc1C(=O)Nc1ccc(C(=O)[O-])cc1. The topological polar surface area (TPSA) is 82.4 Å². The second kappa shape index (κ2) is 4.75. The molecule has 0 spiro atoms. The number of carbonyl (C=O) groups excluding carboxylic acids is 2. The lowest BCUT2D eigenvalue weighted by Crippen LogP contribution is -2.22. The van der Waals surface area contributed by atoms with Crippen molar-refractivity contribution in [1.29, 1.82) is 0 Å². The Morgan fingerprint density at radius 3 is 2.33 bits per heavy atom. The van der Waals surface area contributed by atoms with Gasteiger partial charge in [-0.1, -0.05) is 12.1 Å². The maximum atomic E-state index is 11.8. The van der Waals surface area contributed by atoms with Gasteiger partial charge < -0.3 is 19.6 Å². The van der Waals surface area contributed by atoms with Gasteiger partial charge in [0, 0.05) is 5.69 Å². The summed E-state index contributed by atoms with van der Waals surface area (Å²) >= 11 is 0. The number of rotatable bonds is 3. The molecule has 0 radical (unpaired) electrons. The molecule has 0 unspecified atom stereocenters. The summed E-state index contributed by atoms with van der Waals surface area (Å²) in [7, 11) is 0. The first-order valence-corrected chi connectivity index (χ1v) is 5.25. The number of carbonyl (C=O) groups is 2. The molecule has 18 heavy (non-hydrogen) atoms. The first-order chi connectivity index (χ1) is 8.58. The molecule has 1 aromatic heterocycles. The Morgan fingerprint density at radius 1 is 1.17 bits per heavy atom. The van der Waals surface area contributed by atoms with Crippen molar-refractivity contribution < 1.29 is 19.1 Å². The largest absolute Gasteiger partial charge is 0.545 e. The minimum Gasteiger partial charge on any atom is -0.545 e. The van der Waals surface area contributed by atoms with Crippen LogP contribution in [0.1, 0.15) is 26.5 Å². The summed E-state index contributed by atoms with van der Waals surface area (Å²) in [5.41, 5.74) is 1.01. The Kier molecular flexibility index (Phi) is 3.14. The molecule has 1 aromatic carbocycles. The number of carboxylic acid groups (broad SMARTS) is 1. The van der Waals surface area contributed by atoms with Crippen LogP contribution in [0.2, 0.25) is 0 Å². The number of benzene rings is 1. The van der Waals surface area contributed by atoms with Gasteiger partial charge in [0.2, 0.25) is 0 Å². The van der Waals surface area contributed by atoms with Crippen LogP contribution in [0.5, 0.6) is 0 Å². The zero-order valence-electron chi connectivity index (χ0n) is 9.60. The van der Waals surface area contributed by atoms with E-state index < -0.39 is 5.97 Å². The molecule has 1 amide bonds. The van der Waals surface area contributed by atoms with Crippen molar-refractivity contribution in [3.63, 3.8) is 0 Å². The lowest BCUT2D eigenvalue weighted by molar-refractivity contribution is -0.255. The lowest BCUT2D eigenvalue weighted by atomic mass is 10.2. The van der Waals surface area contributed by atoms with Gasteiger partial charge in [-0.3, -0.25) is 4.79 Å². The molecule has 2 rings (SSSR count). The summed E-state index contributed by atoms with van der Waals surface area (Å²) in [6.07, 6.45) is 1.43. The predicted molar refractivity (Wildman–Crippen MR) is 62.2 cm³/mol. The molecule has 0 atom stereocenters. The smallest absolute Gasteiger partial charge is 0.259 e. The fraction of sp³-hybridized carbons (Fsp3) is 0.0769. The Morgan fingerprint density at radius 2 is 1.83 bits per heavy atom. The molecular weight excluding hydrogens is 234 g/mol. The summed E-state index contributed by atoms with van der Waals surface area (Å²) < 4.78 is 5.03. The third-order valence-electron chi connectivity index (χ3n) is 2.48. The van der Waals surface area contributed by atoms with E-state index in [1.165, 1.54) is 30.5 Å². The lowest BCUT2D eigenvalue weighted by Gasteiger charge is -2.06. The number of hydrogen-bond donors (Lipinski definition) is 1. The molecule has 0 saturated carbocycles. The third kappa shape index (κ3) is 2.40. The molecule has 5 nitrogen and oxygen atoms in total. The molecule has 2 aromatic rings. The number of amides is 1. The number of nitrogens with one attached hydrogen (secondary N) is 1. The first kappa shape index (κ1) is 11.9. The summed E-state index contributed by atoms with van der Waals surface area (Å²) in [5, 5.41) is 13.2. The molecule has 1 N–H and O–H groups in total. The Bertz CT molecular complexity index is 583. The van der Waals surface area contributed by atoms with Gasteiger partial charge in [-0.15, -0.1) is 0 Å². The zero-order chi connectivity index (χ0) is 13.1. The number of hydrogen-bond acceptors (Lipinski definition) is 4. The van der Waals surface area contributed by atoms with Gasteiger partial charge in [-0.2, -0.15) is 0 Å². The van der Waals surface area contributed by atoms with E-state index in [0.717, 1.165) is 0 Å². The summed E-state index contributed by atoms with van der Waals surface area (Å²) in [5.74, 6) is -1.03. The van der Waals surface area contributed by atoms with E-state index in [1.807, 2.05) is 0 Å². The maximum absolute atomic E-state index is 11.8. The molecule has 0 aliphatic carbocycles. The average molecular weight is 244 g/mol. The van der Waals surface area contributed by atoms with E-state index >= 15 is 0 Å². The highest BCUT2D eigenvalue weighted by atomic mass is 16.4. The standard InChI is InChI=1S/C13H11NO4/c1-8-11(6-7-18-8)12(15)14-10-4-2-9(3-5-10)13(16)17/h2-7H,1H3,(H,14,15)(H,16,17)/p-1. The van der Waals surface area contributed by atoms with Crippen LogP contribution >= 0.6 is 0 Å². The van der Waals surface area contributed by atoms with Crippen LogP contribution in [-0.4, -0.2) is 11.9 Å². The molecule has 0 aliphatic heterocycles. The fourth-order valence-corrected chi connectivity index (χ4v) is 1.51. The molecule has 5 heteroatoms. The Labute approximate surface area is 103 Å². The van der Waals surface area contributed by atoms with Crippen LogP contribution in [0, 0.1) is 6.92 Å². The Balaban J connectivity index is 2.13. The van der Waals surface area contributed by atoms with Crippen molar-refractivity contribution in [1.82, 2.24) is 0 Å². The summed E-state index contributed by atoms with van der Waals surface area (Å²) in [4.78, 5) is 22.4. The van der Waals surface area contributed by atoms with Crippen LogP contribution < -0.4 is 10.4 Å². The normalized spacial score (nSPS) is 10.1. The molecule has 0 saturated heterocycles. The minimum absolute atomic E-state index is 0.0625. The Hall–Kier alpha value is -2.56. The first-order valence-electron chi connectivity index (χ1n) is 5.25. The third-order valence-corrected chi connectivity index (χ3v) is 2.48. The summed E-state index contributed by atoms with van der Waals surface area (Å²) in [6, 6.07) is 7.30. The molecule has 0 aliphatic rings. The number of anilines is 1. The fourth-order valence-electron chi connectivity index (χ4n) is 1.51. The van der Waals surface area contributed by atoms with E-state index in [9.17, 15) is 14.7 Å². The van der Waals surface area contributed by atoms with Gasteiger partial charge in [0.25, 0.3) is 5.91 Å². The molecule has 0 fully saturated rings. The van der Waals surface area contributed by atoms with Gasteiger partial charge in [-0.25, -0.2) is 0 Å². The number of furan rings is 1. The van der Waals surface area contributed by atoms with Crippen molar-refractivity contribution in [3.05, 3.63) is 53.5 Å². The van der Waals surface area contributed by atoms with E-state index in [4.69, 9.17) is 4.42 Å². The van der Waals surface area contributed by atoms with Gasteiger partial charge in [0.1, 0.15) is 5.76 Å². The maximum Gasteiger partial charge on any atom is 0.259 e. The van der Waals surface area contributed by atoms with Crippen LogP contribution in [0.3, 0.4) is 0 Å². The van der Waals surface area contributed by atoms with Gasteiger partial charge in [0.15, 0.2) is 0 Å². The number of carboxylic acids is 1. The van der Waals surface area contributed by atoms with Gasteiger partial charge >= 0.3 is 0 Å². The highest BCUT2D eigenvalue weighted by Gasteiger charge is 2.11. The highest BCUT2D eigenvalue weighted by molar-refractivity contribution is 6.05. The second-order valence-corrected chi connectivity index (χ2v) is 3.71. The predicted octanol–water partition coefficient (Wildman–Crippen LogP) is 1.20. The van der Waals surface area contributed by atoms with E-state index in [0.29, 0.717) is 17.0 Å². The molecule has 92 valence electrons. The molecular formula is C13H10NO4-. The van der Waals surface area contributed by atoms with Crippen molar-refractivity contribution in [2.24, 2.45) is 0 Å². The molecule has 1 heterocycles. The summed E-state index contributed by atoms with van der Waals surface area (Å²) in [6.45, 7) is 1.69. The van der Waals surface area contributed by atoms with E-state index in [-0.39, 0.29) is 11.5 Å². The highest BCUT2D eigenvalue weighted by Crippen LogP contribution is 2.14. The van der Waals surface area contributed by atoms with Crippen molar-refractivity contribution >= 4 is 17.6 Å². The van der Waals surface area contributed by atoms with Crippen molar-refractivity contribution in [2.45, 2.75) is 6.92 Å². The van der Waals surface area contributed by atoms with Gasteiger partial charge in [0.05, 0.1) is 17.8 Å². The monoisotopic (exact) mass is 244 g/mol. The quantitative estimate of drug-likeness (QED) is 0.879. The molecule has 0 bridgehead atoms. The van der Waals surface area contributed by atoms with Gasteiger partial charge in [-0.05, 0) is 30.7 Å². The van der Waals surface area contributed by atoms with E-state index in [1.54, 1.807) is 13.0 Å².